The summed E-state index contributed by atoms with van der Waals surface area (Å²) in [5.74, 6) is -3.15. The Bertz CT molecular complexity index is 1550. The van der Waals surface area contributed by atoms with Gasteiger partial charge in [0.15, 0.2) is 24.6 Å². The molecule has 1 aliphatic rings. The molecule has 0 radical (unpaired) electrons. The van der Waals surface area contributed by atoms with Crippen molar-refractivity contribution in [3.63, 3.8) is 0 Å². The lowest BCUT2D eigenvalue weighted by molar-refractivity contribution is -0.301. The zero-order chi connectivity index (χ0) is 53.3. The van der Waals surface area contributed by atoms with Crippen LogP contribution in [-0.4, -0.2) is 89.2 Å². The summed E-state index contributed by atoms with van der Waals surface area (Å²) in [6, 6.07) is 0. The average molecular weight is 1030 g/mol. The van der Waals surface area contributed by atoms with Crippen LogP contribution in [0.15, 0.2) is 72.9 Å². The molecule has 12 nitrogen and oxygen atoms in total. The molecule has 0 saturated carbocycles. The molecule has 0 aliphatic carbocycles. The van der Waals surface area contributed by atoms with Crippen molar-refractivity contribution < 1.29 is 58.2 Å². The van der Waals surface area contributed by atoms with Gasteiger partial charge >= 0.3 is 23.9 Å². The maximum absolute atomic E-state index is 13.1. The second-order valence-electron chi connectivity index (χ2n) is 19.5. The third-order valence-electron chi connectivity index (χ3n) is 12.8. The molecule has 1 fully saturated rings. The molecule has 73 heavy (non-hydrogen) atoms. The van der Waals surface area contributed by atoms with Crippen molar-refractivity contribution in [3.05, 3.63) is 72.9 Å². The van der Waals surface area contributed by atoms with Crippen LogP contribution in [0.2, 0.25) is 0 Å². The Morgan fingerprint density at radius 3 is 1.34 bits per heavy atom. The van der Waals surface area contributed by atoms with Crippen LogP contribution in [0.3, 0.4) is 0 Å². The number of carbonyl (C=O) groups is 4. The topological polar surface area (TPSA) is 175 Å². The Morgan fingerprint density at radius 2 is 0.863 bits per heavy atom. The summed E-state index contributed by atoms with van der Waals surface area (Å²) in [6.07, 6.45) is 48.8. The number of aliphatic carboxylic acids is 1. The summed E-state index contributed by atoms with van der Waals surface area (Å²) in [6.45, 7) is 5.80. The van der Waals surface area contributed by atoms with E-state index >= 15 is 0 Å². The van der Waals surface area contributed by atoms with Crippen LogP contribution in [0.4, 0.5) is 0 Å². The zero-order valence-corrected chi connectivity index (χ0v) is 45.9. The lowest BCUT2D eigenvalue weighted by Crippen LogP contribution is -2.61. The van der Waals surface area contributed by atoms with E-state index in [2.05, 4.69) is 93.7 Å². The quantitative estimate of drug-likeness (QED) is 0.0228. The molecule has 1 saturated heterocycles. The lowest BCUT2D eigenvalue weighted by atomic mass is 9.98. The van der Waals surface area contributed by atoms with Gasteiger partial charge in [0.05, 0.1) is 6.61 Å². The first-order valence-electron chi connectivity index (χ1n) is 28.9. The average Bonchev–Trinajstić information content (AvgIpc) is 3.37. The molecule has 6 unspecified atom stereocenters. The largest absolute Gasteiger partial charge is 0.479 e. The van der Waals surface area contributed by atoms with E-state index in [4.69, 9.17) is 23.7 Å². The number of hydrogen-bond acceptors (Lipinski definition) is 11. The fourth-order valence-electron chi connectivity index (χ4n) is 8.33. The van der Waals surface area contributed by atoms with Crippen LogP contribution >= 0.6 is 0 Å². The van der Waals surface area contributed by atoms with E-state index in [9.17, 15) is 34.5 Å². The van der Waals surface area contributed by atoms with Crippen molar-refractivity contribution in [2.45, 2.75) is 276 Å². The van der Waals surface area contributed by atoms with Crippen molar-refractivity contribution in [2.75, 3.05) is 13.2 Å². The Labute approximate surface area is 442 Å². The summed E-state index contributed by atoms with van der Waals surface area (Å²) in [7, 11) is 0. The molecular weight excluding hydrogens is 925 g/mol. The molecule has 0 aromatic carbocycles. The molecule has 0 aromatic heterocycles. The fourth-order valence-corrected chi connectivity index (χ4v) is 8.33. The number of esters is 3. The highest BCUT2D eigenvalue weighted by Crippen LogP contribution is 2.26. The molecule has 1 rings (SSSR count). The monoisotopic (exact) mass is 1030 g/mol. The highest BCUT2D eigenvalue weighted by molar-refractivity contribution is 5.74. The minimum atomic E-state index is -1.91. The van der Waals surface area contributed by atoms with Crippen molar-refractivity contribution >= 4 is 23.9 Å². The summed E-state index contributed by atoms with van der Waals surface area (Å²) in [5, 5.41) is 31.4. The van der Waals surface area contributed by atoms with Crippen molar-refractivity contribution in [1.29, 1.82) is 0 Å². The predicted molar refractivity (Wildman–Crippen MR) is 294 cm³/mol. The third-order valence-corrected chi connectivity index (χ3v) is 12.8. The molecule has 12 heteroatoms. The Kier molecular flexibility index (Phi) is 45.1. The van der Waals surface area contributed by atoms with E-state index in [1.54, 1.807) is 0 Å². The summed E-state index contributed by atoms with van der Waals surface area (Å²) < 4.78 is 28.3. The van der Waals surface area contributed by atoms with Gasteiger partial charge in [-0.25, -0.2) is 4.79 Å². The summed E-state index contributed by atoms with van der Waals surface area (Å²) in [4.78, 5) is 51.0. The lowest BCUT2D eigenvalue weighted by Gasteiger charge is -2.40. The number of ether oxygens (including phenoxy) is 5. The second kappa shape index (κ2) is 49.1. The number of aliphatic hydroxyl groups is 2. The van der Waals surface area contributed by atoms with Crippen LogP contribution < -0.4 is 0 Å². The molecule has 1 aliphatic heterocycles. The number of carboxylic acid groups (broad SMARTS) is 1. The first-order chi connectivity index (χ1) is 35.6. The molecule has 0 bridgehead atoms. The molecule has 0 spiro atoms. The van der Waals surface area contributed by atoms with Gasteiger partial charge in [-0.05, 0) is 89.9 Å². The van der Waals surface area contributed by atoms with Gasteiger partial charge in [-0.1, -0.05) is 203 Å². The van der Waals surface area contributed by atoms with E-state index in [0.29, 0.717) is 19.3 Å². The second-order valence-corrected chi connectivity index (χ2v) is 19.5. The highest BCUT2D eigenvalue weighted by atomic mass is 16.7. The van der Waals surface area contributed by atoms with Gasteiger partial charge in [-0.3, -0.25) is 14.4 Å². The van der Waals surface area contributed by atoms with Gasteiger partial charge in [-0.2, -0.15) is 0 Å². The standard InChI is InChI=1S/C61H102O12/c1-4-7-10-13-16-19-21-23-25-26-27-28-30-31-33-36-38-41-44-47-53(62)69-50-52(71-54(63)48-45-42-39-35-18-15-12-9-6-3)51-70-61-59(57(66)56(65)58(73-61)60(67)68)72-55(64)49-46-43-40-37-34-32-29-24-22-20-17-14-11-8-5-2/h7,10,16-17,19-20,23-25,27-29,52,56-59,61,65-66H,4-6,8-9,11-15,18,21-22,26,30-51H2,1-3H3,(H,67,68)/b10-7-,19-16-,20-17-,25-23-,28-27-,29-24-. The van der Waals surface area contributed by atoms with E-state index in [1.165, 1.54) is 51.4 Å². The molecule has 0 amide bonds. The van der Waals surface area contributed by atoms with Gasteiger partial charge in [0.1, 0.15) is 18.8 Å². The van der Waals surface area contributed by atoms with Crippen molar-refractivity contribution in [2.24, 2.45) is 0 Å². The maximum Gasteiger partial charge on any atom is 0.335 e. The van der Waals surface area contributed by atoms with Gasteiger partial charge < -0.3 is 39.0 Å². The Hall–Kier alpha value is -3.84. The highest BCUT2D eigenvalue weighted by Gasteiger charge is 2.50. The van der Waals surface area contributed by atoms with E-state index in [1.807, 2.05) is 0 Å². The van der Waals surface area contributed by atoms with E-state index < -0.39 is 67.3 Å². The number of allylic oxidation sites excluding steroid dienone is 12. The van der Waals surface area contributed by atoms with Crippen LogP contribution in [0.25, 0.3) is 0 Å². The van der Waals surface area contributed by atoms with Crippen LogP contribution in [-0.2, 0) is 42.9 Å². The molecule has 0 aromatic rings. The predicted octanol–water partition coefficient (Wildman–Crippen LogP) is 14.6. The van der Waals surface area contributed by atoms with Crippen LogP contribution in [0, 0.1) is 0 Å². The summed E-state index contributed by atoms with van der Waals surface area (Å²) in [5.41, 5.74) is 0. The Morgan fingerprint density at radius 1 is 0.466 bits per heavy atom. The number of hydrogen-bond donors (Lipinski definition) is 3. The smallest absolute Gasteiger partial charge is 0.335 e. The molecular formula is C61H102O12. The van der Waals surface area contributed by atoms with Gasteiger partial charge in [-0.15, -0.1) is 0 Å². The molecule has 3 N–H and O–H groups in total. The number of aliphatic hydroxyl groups excluding tert-OH is 2. The normalized spacial score (nSPS) is 18.8. The maximum atomic E-state index is 13.1. The SMILES string of the molecule is CC/C=C\C/C=C\C/C=C\C/C=C\CCCCCCCCC(=O)OCC(COC1OC(C(=O)O)C(O)C(O)C1OC(=O)CCCCCCC/C=C\C/C=C\CCCCC)OC(=O)CCCCCCCCCCC. The number of rotatable bonds is 48. The van der Waals surface area contributed by atoms with Crippen molar-refractivity contribution in [1.82, 2.24) is 0 Å². The minimum absolute atomic E-state index is 0.0423. The number of unbranched alkanes of at least 4 members (excludes halogenated alkanes) is 22. The number of carbonyl (C=O) groups excluding carboxylic acids is 3. The van der Waals surface area contributed by atoms with Gasteiger partial charge in [0.25, 0.3) is 0 Å². The zero-order valence-electron chi connectivity index (χ0n) is 45.9. The third kappa shape index (κ3) is 39.3. The first-order valence-corrected chi connectivity index (χ1v) is 28.9. The first kappa shape index (κ1) is 67.2. The van der Waals surface area contributed by atoms with Crippen LogP contribution in [0.1, 0.15) is 239 Å². The van der Waals surface area contributed by atoms with Crippen LogP contribution in [0.5, 0.6) is 0 Å². The van der Waals surface area contributed by atoms with E-state index in [0.717, 1.165) is 128 Å². The minimum Gasteiger partial charge on any atom is -0.479 e. The summed E-state index contributed by atoms with van der Waals surface area (Å²) >= 11 is 0. The molecule has 418 valence electrons. The van der Waals surface area contributed by atoms with E-state index in [-0.39, 0.29) is 25.9 Å². The number of carboxylic acids is 1. The fraction of sp³-hybridized carbons (Fsp3) is 0.738. The van der Waals surface area contributed by atoms with Crippen molar-refractivity contribution in [3.8, 4) is 0 Å². The van der Waals surface area contributed by atoms with Gasteiger partial charge in [0, 0.05) is 19.3 Å². The van der Waals surface area contributed by atoms with Gasteiger partial charge in [0.2, 0.25) is 0 Å². The Balaban J connectivity index is 2.66. The molecule has 6 atom stereocenters. The molecule has 1 heterocycles.